The van der Waals surface area contributed by atoms with Gasteiger partial charge in [0.25, 0.3) is 10.0 Å². The van der Waals surface area contributed by atoms with Gasteiger partial charge in [-0.1, -0.05) is 6.07 Å². The molecular formula is C12H20N2O2S3. The van der Waals surface area contributed by atoms with E-state index in [1.54, 1.807) is 16.4 Å². The fourth-order valence-electron chi connectivity index (χ4n) is 2.22. The number of hydrogen-bond donors (Lipinski definition) is 0. The first kappa shape index (κ1) is 15.3. The number of hydrogen-bond acceptors (Lipinski definition) is 5. The fourth-order valence-corrected chi connectivity index (χ4v) is 6.14. The van der Waals surface area contributed by atoms with E-state index in [-0.39, 0.29) is 6.04 Å². The van der Waals surface area contributed by atoms with Crippen molar-refractivity contribution < 1.29 is 8.42 Å². The third-order valence-corrected chi connectivity index (χ3v) is 7.54. The predicted molar refractivity (Wildman–Crippen MR) is 82.5 cm³/mol. The van der Waals surface area contributed by atoms with Crippen LogP contribution in [0.3, 0.4) is 0 Å². The van der Waals surface area contributed by atoms with Gasteiger partial charge in [-0.3, -0.25) is 0 Å². The smallest absolute Gasteiger partial charge is 0.252 e. The Hall–Kier alpha value is -0.0800. The highest BCUT2D eigenvalue weighted by atomic mass is 32.2. The van der Waals surface area contributed by atoms with Crippen molar-refractivity contribution in [2.24, 2.45) is 0 Å². The van der Waals surface area contributed by atoms with E-state index in [2.05, 4.69) is 4.90 Å². The van der Waals surface area contributed by atoms with Gasteiger partial charge in [0, 0.05) is 24.9 Å². The van der Waals surface area contributed by atoms with E-state index < -0.39 is 10.0 Å². The van der Waals surface area contributed by atoms with Crippen molar-refractivity contribution in [3.05, 3.63) is 17.5 Å². The summed E-state index contributed by atoms with van der Waals surface area (Å²) >= 11 is 3.15. The Morgan fingerprint density at radius 3 is 2.89 bits per heavy atom. The highest BCUT2D eigenvalue weighted by molar-refractivity contribution is 7.99. The Morgan fingerprint density at radius 2 is 2.26 bits per heavy atom. The number of thioether (sulfide) groups is 1. The van der Waals surface area contributed by atoms with Crippen molar-refractivity contribution in [2.75, 3.05) is 38.7 Å². The molecule has 1 aromatic heterocycles. The molecule has 19 heavy (non-hydrogen) atoms. The van der Waals surface area contributed by atoms with E-state index in [1.807, 2.05) is 31.2 Å². The molecule has 0 spiro atoms. The van der Waals surface area contributed by atoms with Crippen LogP contribution in [0.1, 0.15) is 6.42 Å². The van der Waals surface area contributed by atoms with Gasteiger partial charge in [0.05, 0.1) is 0 Å². The average Bonchev–Trinajstić information content (AvgIpc) is 2.77. The summed E-state index contributed by atoms with van der Waals surface area (Å²) < 4.78 is 27.6. The van der Waals surface area contributed by atoms with Crippen molar-refractivity contribution in [2.45, 2.75) is 16.7 Å². The van der Waals surface area contributed by atoms with Crippen LogP contribution in [0.5, 0.6) is 0 Å². The van der Waals surface area contributed by atoms with Crippen LogP contribution in [0.25, 0.3) is 0 Å². The standard InChI is InChI=1S/C12H20N2O2S3/c1-13(2)9-11-10-17-7-4-6-14(11)19(15,16)12-5-3-8-18-12/h3,5,8,11H,4,6-7,9-10H2,1-2H3. The number of thiophene rings is 1. The maximum absolute atomic E-state index is 12.7. The summed E-state index contributed by atoms with van der Waals surface area (Å²) in [4.78, 5) is 2.06. The number of likely N-dealkylation sites (N-methyl/N-ethyl adjacent to an activating group) is 1. The minimum Gasteiger partial charge on any atom is -0.308 e. The summed E-state index contributed by atoms with van der Waals surface area (Å²) in [7, 11) is 0.658. The van der Waals surface area contributed by atoms with Gasteiger partial charge in [0.15, 0.2) is 0 Å². The lowest BCUT2D eigenvalue weighted by atomic mass is 10.3. The van der Waals surface area contributed by atoms with Gasteiger partial charge in [-0.2, -0.15) is 16.1 Å². The average molecular weight is 321 g/mol. The van der Waals surface area contributed by atoms with Gasteiger partial charge < -0.3 is 4.90 Å². The van der Waals surface area contributed by atoms with Gasteiger partial charge in [-0.25, -0.2) is 8.42 Å². The molecule has 0 radical (unpaired) electrons. The number of sulfonamides is 1. The molecule has 108 valence electrons. The molecule has 2 heterocycles. The van der Waals surface area contributed by atoms with Crippen LogP contribution in [-0.4, -0.2) is 62.4 Å². The molecule has 7 heteroatoms. The van der Waals surface area contributed by atoms with Gasteiger partial charge in [-0.05, 0) is 37.7 Å². The molecule has 2 rings (SSSR count). The molecule has 1 unspecified atom stereocenters. The first-order valence-corrected chi connectivity index (χ1v) is 9.77. The van der Waals surface area contributed by atoms with Gasteiger partial charge in [0.2, 0.25) is 0 Å². The molecule has 1 atom stereocenters. The lowest BCUT2D eigenvalue weighted by molar-refractivity contribution is 0.271. The molecule has 0 amide bonds. The fraction of sp³-hybridized carbons (Fsp3) is 0.667. The lowest BCUT2D eigenvalue weighted by Gasteiger charge is -2.30. The Bertz CT molecular complexity index is 485. The van der Waals surface area contributed by atoms with Gasteiger partial charge >= 0.3 is 0 Å². The summed E-state index contributed by atoms with van der Waals surface area (Å²) in [6.45, 7) is 1.41. The Morgan fingerprint density at radius 1 is 1.47 bits per heavy atom. The third kappa shape index (κ3) is 3.72. The molecule has 0 saturated carbocycles. The predicted octanol–water partition coefficient (Wildman–Crippen LogP) is 1.81. The van der Waals surface area contributed by atoms with Gasteiger partial charge in [0.1, 0.15) is 4.21 Å². The van der Waals surface area contributed by atoms with Crippen molar-refractivity contribution in [1.29, 1.82) is 0 Å². The summed E-state index contributed by atoms with van der Waals surface area (Å²) in [6.07, 6.45) is 0.930. The van der Waals surface area contributed by atoms with E-state index in [0.29, 0.717) is 10.8 Å². The highest BCUT2D eigenvalue weighted by Gasteiger charge is 2.33. The molecule has 1 aromatic rings. The minimum absolute atomic E-state index is 0.0644. The second kappa shape index (κ2) is 6.58. The maximum atomic E-state index is 12.7. The molecular weight excluding hydrogens is 300 g/mol. The maximum Gasteiger partial charge on any atom is 0.252 e. The van der Waals surface area contributed by atoms with Crippen LogP contribution in [-0.2, 0) is 10.0 Å². The van der Waals surface area contributed by atoms with E-state index in [1.165, 1.54) is 11.3 Å². The Labute approximate surface area is 123 Å². The molecule has 0 N–H and O–H groups in total. The largest absolute Gasteiger partial charge is 0.308 e. The highest BCUT2D eigenvalue weighted by Crippen LogP contribution is 2.26. The molecule has 1 aliphatic rings. The van der Waals surface area contributed by atoms with Gasteiger partial charge in [-0.15, -0.1) is 11.3 Å². The second-order valence-corrected chi connectivity index (χ2v) is 9.11. The van der Waals surface area contributed by atoms with E-state index in [0.717, 1.165) is 24.5 Å². The summed E-state index contributed by atoms with van der Waals surface area (Å²) in [5.74, 6) is 1.92. The van der Waals surface area contributed by atoms with Crippen molar-refractivity contribution in [1.82, 2.24) is 9.21 Å². The minimum atomic E-state index is -3.32. The van der Waals surface area contributed by atoms with Crippen LogP contribution in [0.4, 0.5) is 0 Å². The van der Waals surface area contributed by atoms with Crippen LogP contribution in [0.2, 0.25) is 0 Å². The Balaban J connectivity index is 2.27. The zero-order valence-corrected chi connectivity index (χ0v) is 13.7. The van der Waals surface area contributed by atoms with Crippen LogP contribution in [0, 0.1) is 0 Å². The summed E-state index contributed by atoms with van der Waals surface area (Å²) in [6, 6.07) is 3.56. The van der Waals surface area contributed by atoms with E-state index in [4.69, 9.17) is 0 Å². The molecule has 0 aliphatic carbocycles. The van der Waals surface area contributed by atoms with Crippen LogP contribution >= 0.6 is 23.1 Å². The molecule has 1 fully saturated rings. The van der Waals surface area contributed by atoms with E-state index in [9.17, 15) is 8.42 Å². The lowest BCUT2D eigenvalue weighted by Crippen LogP contribution is -2.46. The van der Waals surface area contributed by atoms with Crippen LogP contribution < -0.4 is 0 Å². The second-order valence-electron chi connectivity index (χ2n) is 4.89. The third-order valence-electron chi connectivity index (χ3n) is 3.02. The quantitative estimate of drug-likeness (QED) is 0.848. The first-order valence-electron chi connectivity index (χ1n) is 6.29. The summed E-state index contributed by atoms with van der Waals surface area (Å²) in [5, 5.41) is 1.82. The number of nitrogens with zero attached hydrogens (tertiary/aromatic N) is 2. The zero-order chi connectivity index (χ0) is 13.9. The number of rotatable bonds is 4. The van der Waals surface area contributed by atoms with Crippen LogP contribution in [0.15, 0.2) is 21.7 Å². The SMILES string of the molecule is CN(C)CC1CSCCCN1S(=O)(=O)c1cccs1. The topological polar surface area (TPSA) is 40.6 Å². The molecule has 0 aromatic carbocycles. The normalized spacial score (nSPS) is 22.6. The van der Waals surface area contributed by atoms with Crippen molar-refractivity contribution >= 4 is 33.1 Å². The summed E-state index contributed by atoms with van der Waals surface area (Å²) in [5.41, 5.74) is 0. The molecule has 4 nitrogen and oxygen atoms in total. The zero-order valence-electron chi connectivity index (χ0n) is 11.3. The Kier molecular flexibility index (Phi) is 5.30. The van der Waals surface area contributed by atoms with Crippen molar-refractivity contribution in [3.63, 3.8) is 0 Å². The molecule has 1 saturated heterocycles. The molecule has 0 bridgehead atoms. The molecule has 1 aliphatic heterocycles. The van der Waals surface area contributed by atoms with E-state index >= 15 is 0 Å². The monoisotopic (exact) mass is 320 g/mol. The first-order chi connectivity index (χ1) is 9.01. The van der Waals surface area contributed by atoms with Crippen molar-refractivity contribution in [3.8, 4) is 0 Å².